The minimum atomic E-state index is 0.483. The second-order valence-electron chi connectivity index (χ2n) is 5.71. The van der Waals surface area contributed by atoms with Crippen LogP contribution in [0.3, 0.4) is 0 Å². The number of hydrogen-bond donors (Lipinski definition) is 0. The Labute approximate surface area is 99.4 Å². The molecule has 92 valence electrons. The van der Waals surface area contributed by atoms with Crippen molar-refractivity contribution in [1.29, 1.82) is 0 Å². The maximum Gasteiger partial charge on any atom is 0.132 e. The molecular weight excluding hydrogens is 198 g/mol. The molecule has 2 aliphatic rings. The normalized spacial score (nSPS) is 25.2. The third-order valence-corrected chi connectivity index (χ3v) is 4.41. The van der Waals surface area contributed by atoms with Gasteiger partial charge in [-0.1, -0.05) is 19.3 Å². The minimum absolute atomic E-state index is 0.483. The molecule has 0 heterocycles. The predicted molar refractivity (Wildman–Crippen MR) is 66.5 cm³/mol. The molecule has 16 heavy (non-hydrogen) atoms. The van der Waals surface area contributed by atoms with Crippen LogP contribution in [-0.2, 0) is 4.79 Å². The summed E-state index contributed by atoms with van der Waals surface area (Å²) in [6, 6.07) is 0.825. The van der Waals surface area contributed by atoms with Crippen LogP contribution in [0.25, 0.3) is 0 Å². The highest BCUT2D eigenvalue weighted by atomic mass is 16.1. The first-order valence-corrected chi connectivity index (χ1v) is 6.97. The van der Waals surface area contributed by atoms with Crippen LogP contribution in [0.2, 0.25) is 0 Å². The lowest BCUT2D eigenvalue weighted by atomic mass is 9.87. The van der Waals surface area contributed by atoms with Crippen LogP contribution in [0.1, 0.15) is 57.8 Å². The summed E-state index contributed by atoms with van der Waals surface area (Å²) in [6.45, 7) is 1.22. The highest BCUT2D eigenvalue weighted by Gasteiger charge is 2.23. The van der Waals surface area contributed by atoms with E-state index < -0.39 is 0 Å². The van der Waals surface area contributed by atoms with Crippen molar-refractivity contribution in [3.8, 4) is 0 Å². The van der Waals surface area contributed by atoms with E-state index in [1.165, 1.54) is 38.6 Å². The van der Waals surface area contributed by atoms with Crippen LogP contribution in [0.5, 0.6) is 0 Å². The maximum atomic E-state index is 11.2. The van der Waals surface area contributed by atoms with Gasteiger partial charge in [0, 0.05) is 25.4 Å². The zero-order valence-corrected chi connectivity index (χ0v) is 10.6. The summed E-state index contributed by atoms with van der Waals surface area (Å²) in [5.41, 5.74) is 0. The molecule has 0 saturated heterocycles. The van der Waals surface area contributed by atoms with Crippen molar-refractivity contribution in [2.24, 2.45) is 5.92 Å². The number of Topliss-reactive ketones (excluding diaryl/α,β-unsaturated/α-hetero) is 1. The molecule has 0 unspecified atom stereocenters. The number of nitrogens with zero attached hydrogens (tertiary/aromatic N) is 1. The first kappa shape index (κ1) is 12.1. The second-order valence-corrected chi connectivity index (χ2v) is 5.71. The SMILES string of the molecule is CN(CC1CCC(=O)CC1)C1CCCCC1. The van der Waals surface area contributed by atoms with Gasteiger partial charge in [0.25, 0.3) is 0 Å². The number of carbonyl (C=O) groups excluding carboxylic acids is 1. The fourth-order valence-electron chi connectivity index (χ4n) is 3.26. The van der Waals surface area contributed by atoms with Crippen LogP contribution in [0.15, 0.2) is 0 Å². The first-order valence-electron chi connectivity index (χ1n) is 6.97. The number of rotatable bonds is 3. The molecule has 2 saturated carbocycles. The average molecular weight is 223 g/mol. The van der Waals surface area contributed by atoms with Crippen molar-refractivity contribution in [2.75, 3.05) is 13.6 Å². The fourth-order valence-corrected chi connectivity index (χ4v) is 3.26. The summed E-state index contributed by atoms with van der Waals surface area (Å²) in [5, 5.41) is 0. The largest absolute Gasteiger partial charge is 0.303 e. The molecule has 0 aliphatic heterocycles. The zero-order chi connectivity index (χ0) is 11.4. The monoisotopic (exact) mass is 223 g/mol. The third kappa shape index (κ3) is 3.31. The minimum Gasteiger partial charge on any atom is -0.303 e. The summed E-state index contributed by atoms with van der Waals surface area (Å²) in [7, 11) is 2.28. The standard InChI is InChI=1S/C14H25NO/c1-15(13-5-3-2-4-6-13)11-12-7-9-14(16)10-8-12/h12-13H,2-11H2,1H3. The lowest BCUT2D eigenvalue weighted by molar-refractivity contribution is -0.121. The van der Waals surface area contributed by atoms with Gasteiger partial charge in [-0.05, 0) is 38.6 Å². The molecule has 2 fully saturated rings. The zero-order valence-electron chi connectivity index (χ0n) is 10.6. The smallest absolute Gasteiger partial charge is 0.132 e. The molecular formula is C14H25NO. The molecule has 2 aliphatic carbocycles. The van der Waals surface area contributed by atoms with Gasteiger partial charge in [0.15, 0.2) is 0 Å². The van der Waals surface area contributed by atoms with E-state index in [9.17, 15) is 4.79 Å². The predicted octanol–water partition coefficient (Wildman–Crippen LogP) is 3.01. The van der Waals surface area contributed by atoms with Crippen molar-refractivity contribution < 1.29 is 4.79 Å². The Morgan fingerprint density at radius 3 is 2.31 bits per heavy atom. The van der Waals surface area contributed by atoms with E-state index in [1.54, 1.807) is 0 Å². The summed E-state index contributed by atoms with van der Waals surface area (Å²) >= 11 is 0. The van der Waals surface area contributed by atoms with E-state index in [2.05, 4.69) is 11.9 Å². The van der Waals surface area contributed by atoms with Gasteiger partial charge in [-0.2, -0.15) is 0 Å². The van der Waals surface area contributed by atoms with Crippen LogP contribution in [0.4, 0.5) is 0 Å². The highest BCUT2D eigenvalue weighted by molar-refractivity contribution is 5.79. The fraction of sp³-hybridized carbons (Fsp3) is 0.929. The van der Waals surface area contributed by atoms with Gasteiger partial charge in [-0.15, -0.1) is 0 Å². The van der Waals surface area contributed by atoms with Crippen LogP contribution in [0, 0.1) is 5.92 Å². The topological polar surface area (TPSA) is 20.3 Å². The van der Waals surface area contributed by atoms with Gasteiger partial charge in [-0.3, -0.25) is 4.79 Å². The Morgan fingerprint density at radius 1 is 1.06 bits per heavy atom. The van der Waals surface area contributed by atoms with Crippen molar-refractivity contribution in [2.45, 2.75) is 63.8 Å². The third-order valence-electron chi connectivity index (χ3n) is 4.41. The van der Waals surface area contributed by atoms with E-state index in [0.717, 1.165) is 37.6 Å². The summed E-state index contributed by atoms with van der Waals surface area (Å²) < 4.78 is 0. The lowest BCUT2D eigenvalue weighted by Crippen LogP contribution is -2.37. The molecule has 0 spiro atoms. The van der Waals surface area contributed by atoms with Crippen molar-refractivity contribution in [3.63, 3.8) is 0 Å². The van der Waals surface area contributed by atoms with Crippen molar-refractivity contribution in [3.05, 3.63) is 0 Å². The molecule has 0 amide bonds. The molecule has 2 rings (SSSR count). The number of hydrogen-bond acceptors (Lipinski definition) is 2. The van der Waals surface area contributed by atoms with Gasteiger partial charge in [0.05, 0.1) is 0 Å². The quantitative estimate of drug-likeness (QED) is 0.733. The van der Waals surface area contributed by atoms with Gasteiger partial charge in [0.2, 0.25) is 0 Å². The first-order chi connectivity index (χ1) is 7.75. The van der Waals surface area contributed by atoms with Crippen molar-refractivity contribution >= 4 is 5.78 Å². The number of carbonyl (C=O) groups is 1. The molecule has 0 bridgehead atoms. The van der Waals surface area contributed by atoms with Crippen LogP contribution >= 0.6 is 0 Å². The summed E-state index contributed by atoms with van der Waals surface area (Å²) in [6.07, 6.45) is 11.0. The van der Waals surface area contributed by atoms with Crippen molar-refractivity contribution in [1.82, 2.24) is 4.90 Å². The molecule has 0 aromatic heterocycles. The van der Waals surface area contributed by atoms with E-state index in [1.807, 2.05) is 0 Å². The maximum absolute atomic E-state index is 11.2. The Balaban J connectivity index is 1.73. The Hall–Kier alpha value is -0.370. The van der Waals surface area contributed by atoms with E-state index in [-0.39, 0.29) is 0 Å². The van der Waals surface area contributed by atoms with Gasteiger partial charge in [0.1, 0.15) is 5.78 Å². The second kappa shape index (κ2) is 5.81. The Kier molecular flexibility index (Phi) is 4.39. The summed E-state index contributed by atoms with van der Waals surface area (Å²) in [4.78, 5) is 13.8. The van der Waals surface area contributed by atoms with Gasteiger partial charge in [-0.25, -0.2) is 0 Å². The van der Waals surface area contributed by atoms with Crippen LogP contribution in [-0.4, -0.2) is 30.3 Å². The molecule has 0 atom stereocenters. The molecule has 2 nitrogen and oxygen atoms in total. The molecule has 0 aromatic carbocycles. The molecule has 2 heteroatoms. The van der Waals surface area contributed by atoms with E-state index in [4.69, 9.17) is 0 Å². The number of ketones is 1. The summed E-state index contributed by atoms with van der Waals surface area (Å²) in [5.74, 6) is 1.26. The lowest BCUT2D eigenvalue weighted by Gasteiger charge is -2.34. The van der Waals surface area contributed by atoms with Gasteiger partial charge < -0.3 is 4.90 Å². The van der Waals surface area contributed by atoms with Crippen LogP contribution < -0.4 is 0 Å². The Morgan fingerprint density at radius 2 is 1.69 bits per heavy atom. The molecule has 0 radical (unpaired) electrons. The van der Waals surface area contributed by atoms with E-state index in [0.29, 0.717) is 5.78 Å². The van der Waals surface area contributed by atoms with E-state index >= 15 is 0 Å². The van der Waals surface area contributed by atoms with Gasteiger partial charge >= 0.3 is 0 Å². The molecule has 0 N–H and O–H groups in total. The Bertz CT molecular complexity index is 223. The molecule has 0 aromatic rings. The highest BCUT2D eigenvalue weighted by Crippen LogP contribution is 2.26. The average Bonchev–Trinajstić information content (AvgIpc) is 2.33.